The maximum absolute atomic E-state index is 12.6. The minimum atomic E-state index is -0.827. The third-order valence-electron chi connectivity index (χ3n) is 4.16. The van der Waals surface area contributed by atoms with Gasteiger partial charge < -0.3 is 14.8 Å². The number of ether oxygens (including phenoxy) is 2. The standard InChI is InChI=1S/C24H22N4O5/c1-16(29)25-21-15-19(33-18-11-7-4-8-12-18)13-14-20(21)26-23(28-24(31)32-2)27-22(30)17-9-5-3-6-10-17/h3-15H,1-2H3,(H,25,29)(H2,26,27,28,30,31). The largest absolute Gasteiger partial charge is 0.457 e. The van der Waals surface area contributed by atoms with Crippen LogP contribution in [0.4, 0.5) is 16.2 Å². The molecule has 168 valence electrons. The number of hydrogen-bond acceptors (Lipinski definition) is 6. The van der Waals surface area contributed by atoms with Gasteiger partial charge in [-0.1, -0.05) is 36.4 Å². The molecule has 33 heavy (non-hydrogen) atoms. The number of anilines is 1. The molecule has 0 aliphatic carbocycles. The summed E-state index contributed by atoms with van der Waals surface area (Å²) in [5.74, 6) is 0.0689. The highest BCUT2D eigenvalue weighted by Gasteiger charge is 2.14. The molecule has 0 radical (unpaired) electrons. The van der Waals surface area contributed by atoms with Crippen molar-refractivity contribution < 1.29 is 23.9 Å². The number of hydrogen-bond donors (Lipinski definition) is 3. The fourth-order valence-electron chi connectivity index (χ4n) is 2.72. The molecular formula is C24H22N4O5. The molecule has 3 aromatic carbocycles. The summed E-state index contributed by atoms with van der Waals surface area (Å²) in [5.41, 5.74) is 0.949. The molecule has 0 bridgehead atoms. The molecule has 0 aliphatic heterocycles. The van der Waals surface area contributed by atoms with Gasteiger partial charge in [-0.3, -0.25) is 20.2 Å². The second kappa shape index (κ2) is 11.1. The average Bonchev–Trinajstić information content (AvgIpc) is 2.81. The lowest BCUT2D eigenvalue weighted by Gasteiger charge is -2.13. The van der Waals surface area contributed by atoms with Gasteiger partial charge >= 0.3 is 6.09 Å². The Morgan fingerprint density at radius 2 is 1.48 bits per heavy atom. The van der Waals surface area contributed by atoms with Crippen LogP contribution in [0.2, 0.25) is 0 Å². The molecular weight excluding hydrogens is 424 g/mol. The number of aliphatic imine (C=N–C) groups is 1. The quantitative estimate of drug-likeness (QED) is 0.401. The highest BCUT2D eigenvalue weighted by molar-refractivity contribution is 6.09. The van der Waals surface area contributed by atoms with Gasteiger partial charge in [-0.15, -0.1) is 0 Å². The summed E-state index contributed by atoms with van der Waals surface area (Å²) in [5, 5.41) is 7.58. The Kier molecular flexibility index (Phi) is 7.74. The molecule has 3 rings (SSSR count). The van der Waals surface area contributed by atoms with Crippen molar-refractivity contribution >= 4 is 35.2 Å². The summed E-state index contributed by atoms with van der Waals surface area (Å²) in [7, 11) is 1.18. The van der Waals surface area contributed by atoms with Gasteiger partial charge in [-0.2, -0.15) is 0 Å². The second-order valence-electron chi connectivity index (χ2n) is 6.67. The van der Waals surface area contributed by atoms with Crippen LogP contribution in [-0.4, -0.2) is 31.0 Å². The van der Waals surface area contributed by atoms with Crippen molar-refractivity contribution in [1.29, 1.82) is 0 Å². The number of guanidine groups is 1. The van der Waals surface area contributed by atoms with Crippen LogP contribution in [0.25, 0.3) is 0 Å². The van der Waals surface area contributed by atoms with Crippen LogP contribution in [0.15, 0.2) is 83.9 Å². The third-order valence-corrected chi connectivity index (χ3v) is 4.16. The van der Waals surface area contributed by atoms with Crippen molar-refractivity contribution in [3.05, 3.63) is 84.4 Å². The number of carbonyl (C=O) groups excluding carboxylic acids is 3. The number of carbonyl (C=O) groups is 3. The number of methoxy groups -OCH3 is 1. The van der Waals surface area contributed by atoms with E-state index in [1.54, 1.807) is 60.7 Å². The Hall–Kier alpha value is -4.66. The molecule has 0 spiro atoms. The zero-order valence-electron chi connectivity index (χ0n) is 18.0. The summed E-state index contributed by atoms with van der Waals surface area (Å²) in [6.45, 7) is 1.35. The molecule has 0 unspecified atom stereocenters. The lowest BCUT2D eigenvalue weighted by Crippen LogP contribution is -2.43. The highest BCUT2D eigenvalue weighted by atomic mass is 16.5. The Morgan fingerprint density at radius 3 is 2.12 bits per heavy atom. The maximum atomic E-state index is 12.6. The highest BCUT2D eigenvalue weighted by Crippen LogP contribution is 2.32. The number of benzene rings is 3. The van der Waals surface area contributed by atoms with E-state index in [1.807, 2.05) is 18.2 Å². The van der Waals surface area contributed by atoms with Crippen LogP contribution < -0.4 is 20.7 Å². The van der Waals surface area contributed by atoms with Crippen molar-refractivity contribution in [3.63, 3.8) is 0 Å². The van der Waals surface area contributed by atoms with Gasteiger partial charge in [0.25, 0.3) is 5.91 Å². The van der Waals surface area contributed by atoms with Crippen molar-refractivity contribution in [2.45, 2.75) is 6.92 Å². The number of alkyl carbamates (subject to hydrolysis) is 1. The van der Waals surface area contributed by atoms with E-state index in [9.17, 15) is 14.4 Å². The SMILES string of the molecule is COC(=O)NC(=Nc1ccc(Oc2ccccc2)cc1NC(C)=O)NC(=O)c1ccccc1. The van der Waals surface area contributed by atoms with Gasteiger partial charge in [0.1, 0.15) is 11.5 Å². The first-order valence-electron chi connectivity index (χ1n) is 9.89. The lowest BCUT2D eigenvalue weighted by atomic mass is 10.2. The van der Waals surface area contributed by atoms with Gasteiger partial charge in [0.2, 0.25) is 11.9 Å². The van der Waals surface area contributed by atoms with Crippen molar-refractivity contribution in [2.24, 2.45) is 4.99 Å². The van der Waals surface area contributed by atoms with Crippen LogP contribution in [0.3, 0.4) is 0 Å². The van der Waals surface area contributed by atoms with E-state index in [2.05, 4.69) is 25.7 Å². The summed E-state index contributed by atoms with van der Waals surface area (Å²) in [6.07, 6.45) is -0.827. The molecule has 3 amide bonds. The Labute approximate surface area is 190 Å². The monoisotopic (exact) mass is 446 g/mol. The van der Waals surface area contributed by atoms with E-state index in [0.717, 1.165) is 0 Å². The van der Waals surface area contributed by atoms with Crippen molar-refractivity contribution in [1.82, 2.24) is 10.6 Å². The Morgan fingerprint density at radius 1 is 0.818 bits per heavy atom. The Balaban J connectivity index is 1.93. The molecule has 0 aliphatic rings. The topological polar surface area (TPSA) is 118 Å². The zero-order valence-corrected chi connectivity index (χ0v) is 18.0. The molecule has 9 nitrogen and oxygen atoms in total. The van der Waals surface area contributed by atoms with Gasteiger partial charge in [0.15, 0.2) is 0 Å². The third kappa shape index (κ3) is 6.93. The number of amides is 3. The molecule has 3 aromatic rings. The number of para-hydroxylation sites is 1. The summed E-state index contributed by atoms with van der Waals surface area (Å²) in [4.78, 5) is 40.4. The number of nitrogens with one attached hydrogen (secondary N) is 3. The van der Waals surface area contributed by atoms with E-state index >= 15 is 0 Å². The summed E-state index contributed by atoms with van der Waals surface area (Å²) in [6, 6.07) is 22.4. The van der Waals surface area contributed by atoms with Gasteiger partial charge in [0.05, 0.1) is 18.5 Å². The van der Waals surface area contributed by atoms with E-state index < -0.39 is 12.0 Å². The fraction of sp³-hybridized carbons (Fsp3) is 0.0833. The van der Waals surface area contributed by atoms with Crippen LogP contribution in [0.1, 0.15) is 17.3 Å². The fourth-order valence-corrected chi connectivity index (χ4v) is 2.72. The van der Waals surface area contributed by atoms with E-state index in [0.29, 0.717) is 22.7 Å². The minimum Gasteiger partial charge on any atom is -0.457 e. The molecule has 9 heteroatoms. The summed E-state index contributed by atoms with van der Waals surface area (Å²) < 4.78 is 10.4. The van der Waals surface area contributed by atoms with E-state index in [1.165, 1.54) is 14.0 Å². The zero-order chi connectivity index (χ0) is 23.6. The molecule has 0 heterocycles. The number of nitrogens with zero attached hydrogens (tertiary/aromatic N) is 1. The predicted molar refractivity (Wildman–Crippen MR) is 124 cm³/mol. The van der Waals surface area contributed by atoms with Crippen LogP contribution in [0.5, 0.6) is 11.5 Å². The van der Waals surface area contributed by atoms with Gasteiger partial charge in [0, 0.05) is 18.6 Å². The van der Waals surface area contributed by atoms with Crippen LogP contribution in [-0.2, 0) is 9.53 Å². The van der Waals surface area contributed by atoms with E-state index in [4.69, 9.17) is 4.74 Å². The van der Waals surface area contributed by atoms with Crippen molar-refractivity contribution in [3.8, 4) is 11.5 Å². The normalized spacial score (nSPS) is 10.7. The first kappa shape index (κ1) is 23.0. The maximum Gasteiger partial charge on any atom is 0.413 e. The van der Waals surface area contributed by atoms with Crippen LogP contribution in [0, 0.1) is 0 Å². The Bertz CT molecular complexity index is 1160. The first-order chi connectivity index (χ1) is 15.9. The van der Waals surface area contributed by atoms with Gasteiger partial charge in [-0.05, 0) is 36.4 Å². The lowest BCUT2D eigenvalue weighted by molar-refractivity contribution is -0.114. The first-order valence-corrected chi connectivity index (χ1v) is 9.89. The minimum absolute atomic E-state index is 0.181. The predicted octanol–water partition coefficient (Wildman–Crippen LogP) is 4.21. The van der Waals surface area contributed by atoms with Gasteiger partial charge in [-0.25, -0.2) is 9.79 Å². The molecule has 0 saturated heterocycles. The second-order valence-corrected chi connectivity index (χ2v) is 6.67. The summed E-state index contributed by atoms with van der Waals surface area (Å²) >= 11 is 0. The van der Waals surface area contributed by atoms with E-state index in [-0.39, 0.29) is 17.6 Å². The van der Waals surface area contributed by atoms with Crippen LogP contribution >= 0.6 is 0 Å². The molecule has 0 fully saturated rings. The molecule has 0 atom stereocenters. The smallest absolute Gasteiger partial charge is 0.413 e. The number of rotatable bonds is 5. The molecule has 3 N–H and O–H groups in total. The molecule has 0 aromatic heterocycles. The average molecular weight is 446 g/mol. The molecule has 0 saturated carbocycles. The van der Waals surface area contributed by atoms with Crippen molar-refractivity contribution in [2.75, 3.05) is 12.4 Å².